The molecule has 0 radical (unpaired) electrons. The lowest BCUT2D eigenvalue weighted by Crippen LogP contribution is -2.59. The Morgan fingerprint density at radius 2 is 1.95 bits per heavy atom. The summed E-state index contributed by atoms with van der Waals surface area (Å²) >= 11 is 1.05. The minimum Gasteiger partial charge on any atom is -0.349 e. The van der Waals surface area contributed by atoms with Gasteiger partial charge in [0.05, 0.1) is 28.4 Å². The number of nitriles is 1. The van der Waals surface area contributed by atoms with E-state index in [1.54, 1.807) is 13.2 Å². The van der Waals surface area contributed by atoms with Crippen LogP contribution in [-0.4, -0.2) is 54.4 Å². The number of nitrogens with zero attached hydrogens (tertiary/aromatic N) is 8. The van der Waals surface area contributed by atoms with Gasteiger partial charge in [0.2, 0.25) is 0 Å². The standard InChI is InChI=1S/C26H30F2N8OS/c1-5-17-13-36(24-22-20(33(4)26(37)31-24)14-34(32-22)10-9-29)18(6-2)12-35(17)15(3)19-8-7-16-11-21(23(27)28)38-25(16)30-19/h7-8,11,14-15,17-18,23H,5-6,10,12-13H2,1-4H3/t15-,17+,18-/m0/s1. The first-order valence-electron chi connectivity index (χ1n) is 12.8. The van der Waals surface area contributed by atoms with Crippen molar-refractivity contribution in [1.82, 2.24) is 29.2 Å². The van der Waals surface area contributed by atoms with Crippen LogP contribution in [0.1, 0.15) is 56.7 Å². The summed E-state index contributed by atoms with van der Waals surface area (Å²) in [5.74, 6) is 0.551. The fourth-order valence-corrected chi connectivity index (χ4v) is 6.27. The molecule has 1 aliphatic heterocycles. The Labute approximate surface area is 222 Å². The number of fused-ring (bicyclic) bond motifs is 2. The van der Waals surface area contributed by atoms with Crippen molar-refractivity contribution < 1.29 is 8.78 Å². The predicted molar refractivity (Wildman–Crippen MR) is 144 cm³/mol. The van der Waals surface area contributed by atoms with Gasteiger partial charge in [-0.25, -0.2) is 18.6 Å². The maximum Gasteiger partial charge on any atom is 0.349 e. The van der Waals surface area contributed by atoms with Gasteiger partial charge < -0.3 is 4.90 Å². The van der Waals surface area contributed by atoms with Crippen LogP contribution in [-0.2, 0) is 13.6 Å². The first-order chi connectivity index (χ1) is 18.2. The number of hydrogen-bond donors (Lipinski definition) is 0. The van der Waals surface area contributed by atoms with Crippen molar-refractivity contribution >= 4 is 38.4 Å². The van der Waals surface area contributed by atoms with E-state index >= 15 is 0 Å². The van der Waals surface area contributed by atoms with Crippen molar-refractivity contribution in [3.8, 4) is 6.07 Å². The summed E-state index contributed by atoms with van der Waals surface area (Å²) in [7, 11) is 1.66. The van der Waals surface area contributed by atoms with Gasteiger partial charge in [-0.3, -0.25) is 14.1 Å². The summed E-state index contributed by atoms with van der Waals surface area (Å²) in [4.78, 5) is 27.2. The summed E-state index contributed by atoms with van der Waals surface area (Å²) in [6.07, 6.45) is 0.906. The molecule has 4 aromatic rings. The van der Waals surface area contributed by atoms with Crippen LogP contribution in [0.3, 0.4) is 0 Å². The molecule has 0 aromatic carbocycles. The lowest BCUT2D eigenvalue weighted by Gasteiger charge is -2.48. The quantitative estimate of drug-likeness (QED) is 0.337. The Kier molecular flexibility index (Phi) is 7.15. The molecule has 3 atom stereocenters. The summed E-state index contributed by atoms with van der Waals surface area (Å²) in [6, 6.07) is 7.62. The zero-order chi connectivity index (χ0) is 27.1. The number of aromatic nitrogens is 5. The number of piperazine rings is 1. The molecular formula is C26H30F2N8OS. The Balaban J connectivity index is 1.49. The van der Waals surface area contributed by atoms with Gasteiger partial charge in [-0.05, 0) is 31.9 Å². The number of rotatable bonds is 7. The van der Waals surface area contributed by atoms with E-state index in [1.807, 2.05) is 12.1 Å². The van der Waals surface area contributed by atoms with Crippen LogP contribution >= 0.6 is 11.3 Å². The Hall–Kier alpha value is -3.43. The molecule has 0 bridgehead atoms. The minimum atomic E-state index is -2.50. The van der Waals surface area contributed by atoms with Gasteiger partial charge in [-0.1, -0.05) is 19.9 Å². The van der Waals surface area contributed by atoms with E-state index in [4.69, 9.17) is 10.2 Å². The van der Waals surface area contributed by atoms with Gasteiger partial charge in [0.1, 0.15) is 11.4 Å². The van der Waals surface area contributed by atoms with Crippen molar-refractivity contribution in [2.24, 2.45) is 7.05 Å². The van der Waals surface area contributed by atoms with Crippen molar-refractivity contribution in [2.75, 3.05) is 18.0 Å². The van der Waals surface area contributed by atoms with Gasteiger partial charge >= 0.3 is 5.69 Å². The normalized spacial score (nSPS) is 19.5. The molecule has 1 fully saturated rings. The van der Waals surface area contributed by atoms with Gasteiger partial charge in [-0.2, -0.15) is 15.3 Å². The number of aryl methyl sites for hydroxylation is 1. The second-order valence-electron chi connectivity index (χ2n) is 9.72. The van der Waals surface area contributed by atoms with Crippen molar-refractivity contribution in [1.29, 1.82) is 5.26 Å². The highest BCUT2D eigenvalue weighted by atomic mass is 32.1. The van der Waals surface area contributed by atoms with Crippen molar-refractivity contribution in [3.63, 3.8) is 0 Å². The number of anilines is 1. The van der Waals surface area contributed by atoms with Gasteiger partial charge in [0, 0.05) is 43.6 Å². The van der Waals surface area contributed by atoms with E-state index in [2.05, 4.69) is 46.7 Å². The molecule has 4 aromatic heterocycles. The van der Waals surface area contributed by atoms with Crippen LogP contribution in [0.2, 0.25) is 0 Å². The van der Waals surface area contributed by atoms with Crippen LogP contribution in [0, 0.1) is 11.3 Å². The van der Waals surface area contributed by atoms with Crippen LogP contribution in [0.4, 0.5) is 14.6 Å². The SMILES string of the molecule is CC[C@H]1CN([C@@H](C)c2ccc3cc(C(F)F)sc3n2)[C@H](CC)CN1c1nc(=O)n(C)c2cn(CC#N)nc12. The second kappa shape index (κ2) is 10.4. The largest absolute Gasteiger partial charge is 0.349 e. The highest BCUT2D eigenvalue weighted by Crippen LogP contribution is 2.35. The summed E-state index contributed by atoms with van der Waals surface area (Å²) < 4.78 is 29.4. The molecule has 0 spiro atoms. The molecular weight excluding hydrogens is 510 g/mol. The van der Waals surface area contributed by atoms with Gasteiger partial charge in [0.15, 0.2) is 11.3 Å². The number of pyridine rings is 1. The van der Waals surface area contributed by atoms with Crippen molar-refractivity contribution in [2.45, 2.75) is 64.7 Å². The number of thiophene rings is 1. The molecule has 0 aliphatic carbocycles. The number of alkyl halides is 2. The van der Waals surface area contributed by atoms with Crippen LogP contribution in [0.5, 0.6) is 0 Å². The highest BCUT2D eigenvalue weighted by Gasteiger charge is 2.37. The van der Waals surface area contributed by atoms with Crippen LogP contribution in [0.15, 0.2) is 29.2 Å². The Morgan fingerprint density at radius 1 is 1.18 bits per heavy atom. The monoisotopic (exact) mass is 540 g/mol. The topological polar surface area (TPSA) is 95.9 Å². The second-order valence-corrected chi connectivity index (χ2v) is 10.8. The smallest absolute Gasteiger partial charge is 0.349 e. The predicted octanol–water partition coefficient (Wildman–Crippen LogP) is 4.64. The molecule has 5 heterocycles. The number of halogens is 2. The molecule has 0 saturated carbocycles. The third-order valence-corrected chi connectivity index (χ3v) is 8.61. The average molecular weight is 541 g/mol. The molecule has 0 N–H and O–H groups in total. The van der Waals surface area contributed by atoms with Crippen LogP contribution in [0.25, 0.3) is 21.3 Å². The molecule has 5 rings (SSSR count). The van der Waals surface area contributed by atoms with E-state index in [-0.39, 0.29) is 35.2 Å². The first-order valence-corrected chi connectivity index (χ1v) is 13.6. The Morgan fingerprint density at radius 3 is 2.63 bits per heavy atom. The van der Waals surface area contributed by atoms with Crippen molar-refractivity contribution in [3.05, 3.63) is 45.5 Å². The molecule has 0 amide bonds. The van der Waals surface area contributed by atoms with E-state index in [1.165, 1.54) is 15.3 Å². The highest BCUT2D eigenvalue weighted by molar-refractivity contribution is 7.18. The molecule has 1 aliphatic rings. The maximum absolute atomic E-state index is 13.2. The van der Waals surface area contributed by atoms with E-state index in [0.29, 0.717) is 28.2 Å². The molecule has 1 saturated heterocycles. The molecule has 38 heavy (non-hydrogen) atoms. The summed E-state index contributed by atoms with van der Waals surface area (Å²) in [6.45, 7) is 7.81. The Bertz CT molecular complexity index is 1570. The van der Waals surface area contributed by atoms with E-state index in [0.717, 1.165) is 41.8 Å². The third kappa shape index (κ3) is 4.54. The maximum atomic E-state index is 13.2. The third-order valence-electron chi connectivity index (χ3n) is 7.55. The molecule has 12 heteroatoms. The zero-order valence-electron chi connectivity index (χ0n) is 21.8. The summed E-state index contributed by atoms with van der Waals surface area (Å²) in [5.41, 5.74) is 1.74. The fourth-order valence-electron chi connectivity index (χ4n) is 5.37. The molecule has 9 nitrogen and oxygen atoms in total. The van der Waals surface area contributed by atoms with E-state index < -0.39 is 6.43 Å². The first kappa shape index (κ1) is 26.2. The lowest BCUT2D eigenvalue weighted by atomic mass is 9.98. The lowest BCUT2D eigenvalue weighted by molar-refractivity contribution is 0.0989. The zero-order valence-corrected chi connectivity index (χ0v) is 22.6. The molecule has 200 valence electrons. The van der Waals surface area contributed by atoms with E-state index in [9.17, 15) is 13.6 Å². The minimum absolute atomic E-state index is 0.0240. The van der Waals surface area contributed by atoms with Crippen LogP contribution < -0.4 is 10.6 Å². The van der Waals surface area contributed by atoms with Gasteiger partial charge in [0.25, 0.3) is 6.43 Å². The molecule has 0 unspecified atom stereocenters. The average Bonchev–Trinajstić information content (AvgIpc) is 3.54. The van der Waals surface area contributed by atoms with Gasteiger partial charge in [-0.15, -0.1) is 11.3 Å². The fraction of sp³-hybridized carbons (Fsp3) is 0.500. The summed E-state index contributed by atoms with van der Waals surface area (Å²) in [5, 5.41) is 14.5. The number of hydrogen-bond acceptors (Lipinski definition) is 8.